The first kappa shape index (κ1) is 23.7. The van der Waals surface area contributed by atoms with E-state index in [1.807, 2.05) is 42.5 Å². The van der Waals surface area contributed by atoms with E-state index < -0.39 is 0 Å². The summed E-state index contributed by atoms with van der Waals surface area (Å²) in [7, 11) is 1.60. The Kier molecular flexibility index (Phi) is 8.79. The van der Waals surface area contributed by atoms with Crippen LogP contribution >= 0.6 is 12.2 Å². The van der Waals surface area contributed by atoms with Gasteiger partial charge in [0.25, 0.3) is 5.91 Å². The first-order valence-corrected chi connectivity index (χ1v) is 10.8. The number of likely N-dealkylation sites (N-methyl/N-ethyl adjacent to an activating group) is 1. The Balaban J connectivity index is 1.51. The van der Waals surface area contributed by atoms with Gasteiger partial charge >= 0.3 is 0 Å². The van der Waals surface area contributed by atoms with Crippen LogP contribution < -0.4 is 25.4 Å². The molecular formula is C25H25N3O4S. The van der Waals surface area contributed by atoms with Gasteiger partial charge in [0.15, 0.2) is 5.11 Å². The molecule has 0 bridgehead atoms. The van der Waals surface area contributed by atoms with Crippen LogP contribution in [0.4, 0.5) is 5.69 Å². The summed E-state index contributed by atoms with van der Waals surface area (Å²) in [6, 6.07) is 23.6. The van der Waals surface area contributed by atoms with Gasteiger partial charge < -0.3 is 20.1 Å². The summed E-state index contributed by atoms with van der Waals surface area (Å²) < 4.78 is 11.4. The third-order valence-electron chi connectivity index (χ3n) is 4.57. The van der Waals surface area contributed by atoms with E-state index in [1.165, 1.54) is 0 Å². The van der Waals surface area contributed by atoms with E-state index in [2.05, 4.69) is 16.0 Å². The zero-order valence-electron chi connectivity index (χ0n) is 18.2. The summed E-state index contributed by atoms with van der Waals surface area (Å²) in [5.41, 5.74) is 1.93. The number of para-hydroxylation sites is 2. The lowest BCUT2D eigenvalue weighted by molar-refractivity contribution is -0.119. The standard InChI is InChI=1S/C25H25N3O4S/c1-26-23(29)17-18-11-13-19(14-12-18)27-25(33)28-24(30)21-9-5-6-10-22(21)32-16-15-31-20-7-3-2-4-8-20/h2-14H,15-17H2,1H3,(H,26,29)(H2,27,28,30,33). The van der Waals surface area contributed by atoms with Crippen molar-refractivity contribution in [1.29, 1.82) is 0 Å². The SMILES string of the molecule is CNC(=O)Cc1ccc(NC(=S)NC(=O)c2ccccc2OCCOc2ccccc2)cc1. The summed E-state index contributed by atoms with van der Waals surface area (Å²) in [5.74, 6) is 0.743. The van der Waals surface area contributed by atoms with Gasteiger partial charge in [-0.25, -0.2) is 0 Å². The molecule has 0 unspecified atom stereocenters. The van der Waals surface area contributed by atoms with E-state index >= 15 is 0 Å². The van der Waals surface area contributed by atoms with Crippen LogP contribution in [0.15, 0.2) is 78.9 Å². The molecule has 0 atom stereocenters. The van der Waals surface area contributed by atoms with Crippen molar-refractivity contribution in [2.24, 2.45) is 0 Å². The van der Waals surface area contributed by atoms with Gasteiger partial charge in [0.2, 0.25) is 5.91 Å². The molecule has 8 heteroatoms. The number of carbonyl (C=O) groups excluding carboxylic acids is 2. The summed E-state index contributed by atoms with van der Waals surface area (Å²) in [6.45, 7) is 0.625. The molecule has 2 amide bonds. The largest absolute Gasteiger partial charge is 0.490 e. The lowest BCUT2D eigenvalue weighted by Crippen LogP contribution is -2.34. The van der Waals surface area contributed by atoms with Crippen LogP contribution in [0.1, 0.15) is 15.9 Å². The van der Waals surface area contributed by atoms with Gasteiger partial charge in [0.05, 0.1) is 12.0 Å². The fourth-order valence-corrected chi connectivity index (χ4v) is 3.13. The first-order valence-electron chi connectivity index (χ1n) is 10.4. The predicted octanol–water partition coefficient (Wildman–Crippen LogP) is 3.56. The fourth-order valence-electron chi connectivity index (χ4n) is 2.92. The molecule has 0 aliphatic rings. The molecule has 0 heterocycles. The number of hydrogen-bond acceptors (Lipinski definition) is 5. The first-order chi connectivity index (χ1) is 16.0. The van der Waals surface area contributed by atoms with Crippen LogP contribution in [-0.2, 0) is 11.2 Å². The second kappa shape index (κ2) is 12.2. The predicted molar refractivity (Wildman–Crippen MR) is 132 cm³/mol. The maximum Gasteiger partial charge on any atom is 0.261 e. The van der Waals surface area contributed by atoms with Gasteiger partial charge in [-0.2, -0.15) is 0 Å². The molecule has 0 radical (unpaired) electrons. The van der Waals surface area contributed by atoms with Gasteiger partial charge in [-0.05, 0) is 54.2 Å². The molecule has 0 saturated carbocycles. The number of nitrogens with one attached hydrogen (secondary N) is 3. The van der Waals surface area contributed by atoms with E-state index in [4.69, 9.17) is 21.7 Å². The Morgan fingerprint density at radius 3 is 2.24 bits per heavy atom. The maximum absolute atomic E-state index is 12.7. The molecule has 3 aromatic carbocycles. The smallest absolute Gasteiger partial charge is 0.261 e. The Bertz CT molecular complexity index is 1090. The third-order valence-corrected chi connectivity index (χ3v) is 4.77. The Morgan fingerprint density at radius 1 is 0.848 bits per heavy atom. The van der Waals surface area contributed by atoms with Gasteiger partial charge in [-0.15, -0.1) is 0 Å². The number of rotatable bonds is 9. The average molecular weight is 464 g/mol. The zero-order chi connectivity index (χ0) is 23.5. The number of hydrogen-bond donors (Lipinski definition) is 3. The highest BCUT2D eigenvalue weighted by molar-refractivity contribution is 7.80. The third kappa shape index (κ3) is 7.62. The van der Waals surface area contributed by atoms with Crippen molar-refractivity contribution in [3.05, 3.63) is 90.0 Å². The van der Waals surface area contributed by atoms with Crippen molar-refractivity contribution in [3.8, 4) is 11.5 Å². The molecule has 3 N–H and O–H groups in total. The van der Waals surface area contributed by atoms with Gasteiger partial charge in [0, 0.05) is 12.7 Å². The molecule has 3 aromatic rings. The van der Waals surface area contributed by atoms with Crippen LogP contribution in [0.3, 0.4) is 0 Å². The Morgan fingerprint density at radius 2 is 1.52 bits per heavy atom. The van der Waals surface area contributed by atoms with Crippen LogP contribution in [0.25, 0.3) is 0 Å². The minimum atomic E-state index is -0.386. The monoisotopic (exact) mass is 463 g/mol. The van der Waals surface area contributed by atoms with Crippen molar-refractivity contribution >= 4 is 34.8 Å². The molecule has 7 nitrogen and oxygen atoms in total. The van der Waals surface area contributed by atoms with Crippen LogP contribution in [0.2, 0.25) is 0 Å². The summed E-state index contributed by atoms with van der Waals surface area (Å²) in [4.78, 5) is 24.2. The highest BCUT2D eigenvalue weighted by atomic mass is 32.1. The number of benzene rings is 3. The molecule has 0 aliphatic carbocycles. The number of anilines is 1. The van der Waals surface area contributed by atoms with Gasteiger partial charge in [0.1, 0.15) is 24.7 Å². The molecule has 0 aromatic heterocycles. The second-order valence-corrected chi connectivity index (χ2v) is 7.37. The van der Waals surface area contributed by atoms with E-state index in [0.29, 0.717) is 30.0 Å². The number of ether oxygens (including phenoxy) is 2. The normalized spacial score (nSPS) is 10.1. The molecule has 0 aliphatic heterocycles. The molecular weight excluding hydrogens is 438 g/mol. The van der Waals surface area contributed by atoms with Crippen molar-refractivity contribution < 1.29 is 19.1 Å². The summed E-state index contributed by atoms with van der Waals surface area (Å²) in [6.07, 6.45) is 0.297. The highest BCUT2D eigenvalue weighted by Gasteiger charge is 2.14. The van der Waals surface area contributed by atoms with Crippen LogP contribution in [-0.4, -0.2) is 37.2 Å². The zero-order valence-corrected chi connectivity index (χ0v) is 19.0. The molecule has 0 spiro atoms. The second-order valence-electron chi connectivity index (χ2n) is 6.96. The molecule has 0 saturated heterocycles. The quantitative estimate of drug-likeness (QED) is 0.332. The highest BCUT2D eigenvalue weighted by Crippen LogP contribution is 2.18. The van der Waals surface area contributed by atoms with Gasteiger partial charge in [-0.1, -0.05) is 42.5 Å². The van der Waals surface area contributed by atoms with E-state index in [9.17, 15) is 9.59 Å². The average Bonchev–Trinajstić information content (AvgIpc) is 2.83. The lowest BCUT2D eigenvalue weighted by atomic mass is 10.1. The Labute approximate surface area is 198 Å². The fraction of sp³-hybridized carbons (Fsp3) is 0.160. The van der Waals surface area contributed by atoms with Gasteiger partial charge in [-0.3, -0.25) is 14.9 Å². The summed E-state index contributed by atoms with van der Waals surface area (Å²) in [5, 5.41) is 8.37. The van der Waals surface area contributed by atoms with Crippen LogP contribution in [0.5, 0.6) is 11.5 Å². The molecule has 170 valence electrons. The topological polar surface area (TPSA) is 88.7 Å². The lowest BCUT2D eigenvalue weighted by Gasteiger charge is -2.13. The molecule has 3 rings (SSSR count). The maximum atomic E-state index is 12.7. The van der Waals surface area contributed by atoms with Crippen molar-refractivity contribution in [1.82, 2.24) is 10.6 Å². The minimum Gasteiger partial charge on any atom is -0.490 e. The minimum absolute atomic E-state index is 0.0639. The molecule has 33 heavy (non-hydrogen) atoms. The van der Waals surface area contributed by atoms with Crippen molar-refractivity contribution in [2.45, 2.75) is 6.42 Å². The summed E-state index contributed by atoms with van der Waals surface area (Å²) >= 11 is 5.27. The number of carbonyl (C=O) groups is 2. The van der Waals surface area contributed by atoms with Crippen LogP contribution in [0, 0.1) is 0 Å². The Hall–Kier alpha value is -3.91. The number of amides is 2. The van der Waals surface area contributed by atoms with E-state index in [0.717, 1.165) is 11.3 Å². The van der Waals surface area contributed by atoms with E-state index in [1.54, 1.807) is 43.4 Å². The van der Waals surface area contributed by atoms with Crippen molar-refractivity contribution in [3.63, 3.8) is 0 Å². The van der Waals surface area contributed by atoms with E-state index in [-0.39, 0.29) is 23.5 Å². The number of thiocarbonyl (C=S) groups is 1. The van der Waals surface area contributed by atoms with Crippen molar-refractivity contribution in [2.75, 3.05) is 25.6 Å². The molecule has 0 fully saturated rings.